The van der Waals surface area contributed by atoms with Gasteiger partial charge in [-0.25, -0.2) is 16.8 Å². The van der Waals surface area contributed by atoms with Crippen LogP contribution in [0.4, 0.5) is 17.1 Å². The van der Waals surface area contributed by atoms with Gasteiger partial charge in [0.15, 0.2) is 11.5 Å². The number of piperidine rings is 1. The van der Waals surface area contributed by atoms with Crippen molar-refractivity contribution < 1.29 is 41.0 Å². The summed E-state index contributed by atoms with van der Waals surface area (Å²) in [7, 11) is -4.72. The van der Waals surface area contributed by atoms with Crippen molar-refractivity contribution in [3.8, 4) is 11.5 Å². The van der Waals surface area contributed by atoms with Crippen LogP contribution in [0.15, 0.2) is 228 Å². The van der Waals surface area contributed by atoms with Crippen LogP contribution in [-0.4, -0.2) is 103 Å². The monoisotopic (exact) mass is 1110 g/mol. The number of sulfonamides is 2. The molecule has 8 aromatic carbocycles. The first-order valence-electron chi connectivity index (χ1n) is 26.5. The minimum absolute atomic E-state index is 0.00629. The molecule has 0 atom stereocenters. The maximum absolute atomic E-state index is 13.9. The zero-order valence-corrected chi connectivity index (χ0v) is 46.5. The van der Waals surface area contributed by atoms with Crippen LogP contribution in [0.2, 0.25) is 0 Å². The molecule has 0 spiro atoms. The zero-order chi connectivity index (χ0) is 56.1. The number of hydrogen-bond acceptors (Lipinski definition) is 10. The first kappa shape index (κ1) is 56.3. The van der Waals surface area contributed by atoms with Crippen molar-refractivity contribution in [2.24, 2.45) is 0 Å². The van der Waals surface area contributed by atoms with E-state index in [1.165, 1.54) is 22.8 Å². The highest BCUT2D eigenvalue weighted by atomic mass is 32.2. The summed E-state index contributed by atoms with van der Waals surface area (Å²) < 4.78 is 68.7. The van der Waals surface area contributed by atoms with E-state index in [2.05, 4.69) is 17.0 Å². The molecule has 2 aliphatic heterocycles. The molecule has 2 aliphatic rings. The zero-order valence-electron chi connectivity index (χ0n) is 44.8. The number of carbonyl (C=O) groups excluding carboxylic acids is 2. The summed E-state index contributed by atoms with van der Waals surface area (Å²) in [5, 5.41) is 11.1. The van der Waals surface area contributed by atoms with Crippen molar-refractivity contribution >= 4 is 48.9 Å². The molecule has 80 heavy (non-hydrogen) atoms. The number of piperazine rings is 1. The molecular weight excluding hydrogens is 1050 g/mol. The van der Waals surface area contributed by atoms with Crippen molar-refractivity contribution in [3.05, 3.63) is 246 Å². The first-order chi connectivity index (χ1) is 38.8. The molecule has 2 fully saturated rings. The van der Waals surface area contributed by atoms with Crippen molar-refractivity contribution in [1.29, 1.82) is 0 Å². The lowest BCUT2D eigenvalue weighted by molar-refractivity contribution is -0.0162. The summed E-state index contributed by atoms with van der Waals surface area (Å²) in [6.45, 7) is 3.82. The van der Waals surface area contributed by atoms with E-state index in [-0.39, 0.29) is 34.7 Å². The smallest absolute Gasteiger partial charge is 0.264 e. The fourth-order valence-corrected chi connectivity index (χ4v) is 13.0. The lowest BCUT2D eigenvalue weighted by Crippen LogP contribution is -2.48. The number of carbonyl (C=O) groups is 2. The normalized spacial score (nSPS) is 14.3. The third kappa shape index (κ3) is 13.3. The summed E-state index contributed by atoms with van der Waals surface area (Å²) >= 11 is 0. The van der Waals surface area contributed by atoms with Crippen LogP contribution in [0.3, 0.4) is 0 Å². The van der Waals surface area contributed by atoms with Crippen LogP contribution in [0.1, 0.15) is 50.2 Å². The van der Waals surface area contributed by atoms with E-state index in [9.17, 15) is 31.5 Å². The molecule has 0 unspecified atom stereocenters. The van der Waals surface area contributed by atoms with Crippen molar-refractivity contribution in [1.82, 2.24) is 9.80 Å². The van der Waals surface area contributed by atoms with Crippen LogP contribution in [-0.2, 0) is 39.6 Å². The maximum Gasteiger partial charge on any atom is 0.264 e. The fraction of sp³-hybridized carbons (Fsp3) is 0.219. The number of para-hydroxylation sites is 2. The van der Waals surface area contributed by atoms with E-state index >= 15 is 0 Å². The molecule has 2 heterocycles. The molecule has 1 N–H and O–H groups in total. The molecular formula is C64H65N5O9S2. The Balaban J connectivity index is 0.000000194. The van der Waals surface area contributed by atoms with Gasteiger partial charge < -0.3 is 29.3 Å². The molecule has 0 radical (unpaired) electrons. The Morgan fingerprint density at radius 2 is 0.900 bits per heavy atom. The second-order valence-corrected chi connectivity index (χ2v) is 23.4. The molecule has 14 nitrogen and oxygen atoms in total. The molecule has 10 rings (SSSR count). The Labute approximate surface area is 469 Å². The van der Waals surface area contributed by atoms with Crippen LogP contribution >= 0.6 is 0 Å². The molecule has 8 aromatic rings. The van der Waals surface area contributed by atoms with E-state index in [0.29, 0.717) is 85.0 Å². The Morgan fingerprint density at radius 3 is 1.36 bits per heavy atom. The van der Waals surface area contributed by atoms with E-state index in [4.69, 9.17) is 9.47 Å². The second kappa shape index (κ2) is 25.6. The topological polar surface area (TPSA) is 157 Å². The standard InChI is InChI=1S/C32H33N3O5S.C32H32N2O4S/c1-39-30-15-9-10-26(31(30)40-2)24-35(41(37,38)29-13-7-4-8-14-29)28-18-16-25(17-19-28)32(36)34-22-20-33(21-23-34)27-11-5-3-6-12-27;35-31(33-22-20-32(36,21-23-33)24-26-10-4-1-5-11-26)28-16-18-29(19-17-28)34(25-27-12-6-2-7-13-27)39(37,38)30-14-8-3-9-15-30/h3-19H,20-24H2,1-2H3;1-19,36H,20-25H2. The van der Waals surface area contributed by atoms with Gasteiger partial charge in [-0.1, -0.05) is 127 Å². The quantitative estimate of drug-likeness (QED) is 0.0931. The molecule has 16 heteroatoms. The minimum atomic E-state index is -3.95. The number of amides is 2. The SMILES string of the molecule is COc1cccc(CN(c2ccc(C(=O)N3CCN(c4ccccc4)CC3)cc2)S(=O)(=O)c2ccccc2)c1OC.O=C(c1ccc(N(Cc2ccccc2)S(=O)(=O)c2ccccc2)cc1)N1CCC(O)(Cc2ccccc2)CC1. The number of rotatable bonds is 17. The molecule has 0 bridgehead atoms. The van der Waals surface area contributed by atoms with E-state index in [0.717, 1.165) is 29.9 Å². The van der Waals surface area contributed by atoms with Gasteiger partial charge in [0.05, 0.1) is 54.1 Å². The van der Waals surface area contributed by atoms with Gasteiger partial charge in [0.1, 0.15) is 0 Å². The van der Waals surface area contributed by atoms with Crippen molar-refractivity contribution in [2.45, 2.75) is 47.7 Å². The van der Waals surface area contributed by atoms with Gasteiger partial charge in [0.25, 0.3) is 31.9 Å². The van der Waals surface area contributed by atoms with Crippen LogP contribution in [0, 0.1) is 0 Å². The van der Waals surface area contributed by atoms with Crippen LogP contribution < -0.4 is 23.0 Å². The van der Waals surface area contributed by atoms with Gasteiger partial charge in [-0.2, -0.15) is 0 Å². The predicted octanol–water partition coefficient (Wildman–Crippen LogP) is 10.4. The summed E-state index contributed by atoms with van der Waals surface area (Å²) in [4.78, 5) is 32.8. The highest BCUT2D eigenvalue weighted by molar-refractivity contribution is 7.93. The van der Waals surface area contributed by atoms with Gasteiger partial charge in [-0.3, -0.25) is 18.2 Å². The Kier molecular flexibility index (Phi) is 18.0. The summed E-state index contributed by atoms with van der Waals surface area (Å²) in [6, 6.07) is 65.0. The average Bonchev–Trinajstić information content (AvgIpc) is 3.55. The first-order valence-corrected chi connectivity index (χ1v) is 29.4. The average molecular weight is 1110 g/mol. The summed E-state index contributed by atoms with van der Waals surface area (Å²) in [5.41, 5.74) is 4.82. The largest absolute Gasteiger partial charge is 0.493 e. The van der Waals surface area contributed by atoms with Crippen molar-refractivity contribution in [2.75, 3.05) is 67.0 Å². The van der Waals surface area contributed by atoms with E-state index in [1.807, 2.05) is 89.8 Å². The maximum atomic E-state index is 13.9. The highest BCUT2D eigenvalue weighted by Gasteiger charge is 2.35. The molecule has 0 aliphatic carbocycles. The number of methoxy groups -OCH3 is 2. The number of aliphatic hydroxyl groups is 1. The van der Waals surface area contributed by atoms with Gasteiger partial charge in [0.2, 0.25) is 0 Å². The molecule has 0 aromatic heterocycles. The van der Waals surface area contributed by atoms with Crippen LogP contribution in [0.5, 0.6) is 11.5 Å². The number of anilines is 3. The predicted molar refractivity (Wildman–Crippen MR) is 313 cm³/mol. The molecule has 2 saturated heterocycles. The van der Waals surface area contributed by atoms with Crippen LogP contribution in [0.25, 0.3) is 0 Å². The van der Waals surface area contributed by atoms with Gasteiger partial charge >= 0.3 is 0 Å². The molecule has 412 valence electrons. The Morgan fingerprint density at radius 1 is 0.475 bits per heavy atom. The molecule has 0 saturated carbocycles. The van der Waals surface area contributed by atoms with Gasteiger partial charge in [-0.15, -0.1) is 0 Å². The highest BCUT2D eigenvalue weighted by Crippen LogP contribution is 2.35. The number of ether oxygens (including phenoxy) is 2. The van der Waals surface area contributed by atoms with E-state index < -0.39 is 25.6 Å². The minimum Gasteiger partial charge on any atom is -0.493 e. The third-order valence-electron chi connectivity index (χ3n) is 14.5. The number of hydrogen-bond donors (Lipinski definition) is 1. The lowest BCUT2D eigenvalue weighted by Gasteiger charge is -2.38. The van der Waals surface area contributed by atoms with E-state index in [1.54, 1.807) is 126 Å². The molecule has 2 amide bonds. The Bertz CT molecular complexity index is 3530. The number of benzene rings is 8. The second-order valence-electron chi connectivity index (χ2n) is 19.7. The lowest BCUT2D eigenvalue weighted by atomic mass is 9.85. The fourth-order valence-electron chi connectivity index (χ4n) is 10.0. The number of likely N-dealkylation sites (tertiary alicyclic amines) is 1. The summed E-state index contributed by atoms with van der Waals surface area (Å²) in [6.07, 6.45) is 1.58. The number of nitrogens with zero attached hydrogens (tertiary/aromatic N) is 5. The van der Waals surface area contributed by atoms with Crippen molar-refractivity contribution in [3.63, 3.8) is 0 Å². The summed E-state index contributed by atoms with van der Waals surface area (Å²) in [5.74, 6) is 0.778. The third-order valence-corrected chi connectivity index (χ3v) is 18.1. The Hall–Kier alpha value is -8.44. The van der Waals surface area contributed by atoms with Gasteiger partial charge in [-0.05, 0) is 115 Å². The van der Waals surface area contributed by atoms with Gasteiger partial charge in [0, 0.05) is 68.1 Å².